The minimum Gasteiger partial charge on any atom is -0.480 e. The van der Waals surface area contributed by atoms with Crippen LogP contribution in [0.15, 0.2) is 0 Å². The predicted octanol–water partition coefficient (Wildman–Crippen LogP) is -0.959. The van der Waals surface area contributed by atoms with Gasteiger partial charge in [0.05, 0.1) is 0 Å². The van der Waals surface area contributed by atoms with Crippen LogP contribution < -0.4 is 11.5 Å². The van der Waals surface area contributed by atoms with Gasteiger partial charge in [-0.05, 0) is 6.92 Å². The quantitative estimate of drug-likeness (QED) is 0.383. The number of carboxylic acids is 1. The van der Waals surface area contributed by atoms with Crippen molar-refractivity contribution in [3.05, 3.63) is 0 Å². The van der Waals surface area contributed by atoms with Gasteiger partial charge in [0.25, 0.3) is 0 Å². The highest BCUT2D eigenvalue weighted by Crippen LogP contribution is 1.68. The van der Waals surface area contributed by atoms with Crippen LogP contribution in [0, 0.1) is 0 Å². The summed E-state index contributed by atoms with van der Waals surface area (Å²) in [4.78, 5) is 18.4. The molecular weight excluding hydrogens is 140 g/mol. The molecule has 6 nitrogen and oxygen atoms in total. The van der Waals surface area contributed by atoms with Crippen LogP contribution in [0.2, 0.25) is 0 Å². The van der Waals surface area contributed by atoms with Gasteiger partial charge in [-0.2, -0.15) is 0 Å². The smallest absolute Gasteiger partial charge is 0.402 e. The number of nitrogens with two attached hydrogens (primary N) is 2. The van der Waals surface area contributed by atoms with Crippen LogP contribution in [0.1, 0.15) is 6.92 Å². The van der Waals surface area contributed by atoms with Crippen molar-refractivity contribution in [1.29, 1.82) is 0 Å². The first-order chi connectivity index (χ1) is 4.37. The van der Waals surface area contributed by atoms with Gasteiger partial charge in [-0.1, -0.05) is 0 Å². The molecule has 10 heavy (non-hydrogen) atoms. The van der Waals surface area contributed by atoms with Gasteiger partial charge in [0.15, 0.2) is 0 Å². The third kappa shape index (κ3) is 29.9. The fourth-order valence-electron chi connectivity index (χ4n) is 0. The number of amides is 1. The molecule has 0 bridgehead atoms. The Balaban J connectivity index is 0. The average Bonchev–Trinajstić information content (AvgIpc) is 1.63. The van der Waals surface area contributed by atoms with E-state index in [-0.39, 0.29) is 0 Å². The monoisotopic (exact) mass is 150 g/mol. The van der Waals surface area contributed by atoms with E-state index in [1.807, 2.05) is 0 Å². The summed E-state index contributed by atoms with van der Waals surface area (Å²) in [6, 6.07) is -0.731. The number of hydrogen-bond donors (Lipinski definition) is 4. The Hall–Kier alpha value is -1.30. The first-order valence-corrected chi connectivity index (χ1v) is 2.34. The van der Waals surface area contributed by atoms with E-state index in [1.54, 1.807) is 0 Å². The molecular formula is C4H10N2O4. The van der Waals surface area contributed by atoms with Crippen molar-refractivity contribution in [3.63, 3.8) is 0 Å². The molecule has 0 heterocycles. The minimum atomic E-state index is -1.33. The van der Waals surface area contributed by atoms with Gasteiger partial charge in [0.2, 0.25) is 0 Å². The standard InChI is InChI=1S/C3H7NO2.CH3NO2/c1-2(4)3(5)6;2-1(3)4/h2H,4H2,1H3,(H,5,6);2H2,(H,3,4). The lowest BCUT2D eigenvalue weighted by molar-refractivity contribution is -0.138. The molecule has 1 amide bonds. The molecule has 60 valence electrons. The number of aliphatic carboxylic acids is 1. The molecule has 1 atom stereocenters. The predicted molar refractivity (Wildman–Crippen MR) is 33.5 cm³/mol. The van der Waals surface area contributed by atoms with Gasteiger partial charge in [-0.3, -0.25) is 4.79 Å². The zero-order chi connectivity index (χ0) is 8.73. The Morgan fingerprint density at radius 3 is 1.50 bits per heavy atom. The van der Waals surface area contributed by atoms with Crippen LogP contribution in [-0.4, -0.2) is 28.3 Å². The van der Waals surface area contributed by atoms with Crippen molar-refractivity contribution in [2.24, 2.45) is 11.5 Å². The lowest BCUT2D eigenvalue weighted by atomic mass is 10.4. The second-order valence-corrected chi connectivity index (χ2v) is 1.47. The second kappa shape index (κ2) is 5.83. The Labute approximate surface area is 57.4 Å². The first kappa shape index (κ1) is 11.5. The van der Waals surface area contributed by atoms with E-state index < -0.39 is 18.1 Å². The molecule has 0 spiro atoms. The Bertz CT molecular complexity index is 118. The molecule has 6 heteroatoms. The van der Waals surface area contributed by atoms with Crippen LogP contribution in [0.25, 0.3) is 0 Å². The zero-order valence-corrected chi connectivity index (χ0v) is 5.44. The molecule has 0 saturated carbocycles. The molecule has 0 radical (unpaired) electrons. The topological polar surface area (TPSA) is 127 Å². The SMILES string of the molecule is CC(N)C(=O)O.NC(=O)O. The van der Waals surface area contributed by atoms with E-state index in [0.29, 0.717) is 0 Å². The van der Waals surface area contributed by atoms with E-state index in [1.165, 1.54) is 6.92 Å². The fraction of sp³-hybridized carbons (Fsp3) is 0.500. The number of primary amides is 1. The summed E-state index contributed by atoms with van der Waals surface area (Å²) in [6.07, 6.45) is -1.33. The van der Waals surface area contributed by atoms with Crippen LogP contribution in [0.3, 0.4) is 0 Å². The van der Waals surface area contributed by atoms with E-state index in [9.17, 15) is 4.79 Å². The molecule has 1 unspecified atom stereocenters. The summed E-state index contributed by atoms with van der Waals surface area (Å²) in [5.74, 6) is -0.963. The average molecular weight is 150 g/mol. The summed E-state index contributed by atoms with van der Waals surface area (Å²) in [7, 11) is 0. The second-order valence-electron chi connectivity index (χ2n) is 1.47. The molecule has 0 aliphatic rings. The van der Waals surface area contributed by atoms with Crippen molar-refractivity contribution < 1.29 is 19.8 Å². The summed E-state index contributed by atoms with van der Waals surface area (Å²) < 4.78 is 0. The van der Waals surface area contributed by atoms with E-state index in [0.717, 1.165) is 0 Å². The van der Waals surface area contributed by atoms with Gasteiger partial charge in [0, 0.05) is 0 Å². The summed E-state index contributed by atoms with van der Waals surface area (Å²) in [6.45, 7) is 1.42. The maximum atomic E-state index is 9.57. The van der Waals surface area contributed by atoms with Crippen molar-refractivity contribution in [2.75, 3.05) is 0 Å². The van der Waals surface area contributed by atoms with E-state index in [2.05, 4.69) is 5.73 Å². The molecule has 0 rings (SSSR count). The minimum absolute atomic E-state index is 0.731. The number of carbonyl (C=O) groups is 2. The molecule has 0 aromatic rings. The highest BCUT2D eigenvalue weighted by molar-refractivity contribution is 5.72. The van der Waals surface area contributed by atoms with Gasteiger partial charge in [0.1, 0.15) is 6.04 Å². The molecule has 0 aromatic heterocycles. The van der Waals surface area contributed by atoms with Crippen molar-refractivity contribution >= 4 is 12.1 Å². The van der Waals surface area contributed by atoms with Gasteiger partial charge in [-0.25, -0.2) is 4.79 Å². The maximum Gasteiger partial charge on any atom is 0.402 e. The van der Waals surface area contributed by atoms with Gasteiger partial charge >= 0.3 is 12.1 Å². The van der Waals surface area contributed by atoms with Crippen molar-refractivity contribution in [2.45, 2.75) is 13.0 Å². The summed E-state index contributed by atoms with van der Waals surface area (Å²) >= 11 is 0. The highest BCUT2D eigenvalue weighted by Gasteiger charge is 1.99. The molecule has 0 fully saturated rings. The fourth-order valence-corrected chi connectivity index (χ4v) is 0. The van der Waals surface area contributed by atoms with Crippen molar-refractivity contribution in [3.8, 4) is 0 Å². The maximum absolute atomic E-state index is 9.57. The largest absolute Gasteiger partial charge is 0.480 e. The summed E-state index contributed by atoms with van der Waals surface area (Å²) in [5.41, 5.74) is 8.86. The normalized spacial score (nSPS) is 10.6. The van der Waals surface area contributed by atoms with Gasteiger partial charge in [-0.15, -0.1) is 0 Å². The van der Waals surface area contributed by atoms with Crippen LogP contribution in [0.5, 0.6) is 0 Å². The lowest BCUT2D eigenvalue weighted by Crippen LogP contribution is -2.25. The Morgan fingerprint density at radius 2 is 1.50 bits per heavy atom. The van der Waals surface area contributed by atoms with Crippen LogP contribution in [-0.2, 0) is 4.79 Å². The van der Waals surface area contributed by atoms with E-state index >= 15 is 0 Å². The first-order valence-electron chi connectivity index (χ1n) is 2.34. The highest BCUT2D eigenvalue weighted by atomic mass is 16.4. The summed E-state index contributed by atoms with van der Waals surface area (Å²) in [5, 5.41) is 15.1. The van der Waals surface area contributed by atoms with Crippen molar-refractivity contribution in [1.82, 2.24) is 0 Å². The lowest BCUT2D eigenvalue weighted by Gasteiger charge is -1.90. The molecule has 0 saturated heterocycles. The molecule has 6 N–H and O–H groups in total. The molecule has 0 aliphatic carbocycles. The number of rotatable bonds is 1. The molecule has 0 aromatic carbocycles. The molecule has 0 aliphatic heterocycles. The van der Waals surface area contributed by atoms with Gasteiger partial charge < -0.3 is 21.7 Å². The third-order valence-electron chi connectivity index (χ3n) is 0.390. The van der Waals surface area contributed by atoms with Crippen LogP contribution in [0.4, 0.5) is 4.79 Å². The number of hydrogen-bond acceptors (Lipinski definition) is 3. The Morgan fingerprint density at radius 1 is 1.40 bits per heavy atom. The zero-order valence-electron chi connectivity index (χ0n) is 5.44. The Kier molecular flexibility index (Phi) is 6.70. The number of carboxylic acid groups (broad SMARTS) is 2. The van der Waals surface area contributed by atoms with E-state index in [4.69, 9.17) is 20.7 Å². The third-order valence-corrected chi connectivity index (χ3v) is 0.390. The van der Waals surface area contributed by atoms with Crippen LogP contribution >= 0.6 is 0 Å².